The van der Waals surface area contributed by atoms with Gasteiger partial charge in [0.25, 0.3) is 0 Å². The summed E-state index contributed by atoms with van der Waals surface area (Å²) in [5, 5.41) is 13.9. The van der Waals surface area contributed by atoms with Crippen molar-refractivity contribution >= 4 is 16.9 Å². The van der Waals surface area contributed by atoms with Gasteiger partial charge in [-0.3, -0.25) is 4.79 Å². The van der Waals surface area contributed by atoms with Gasteiger partial charge in [0, 0.05) is 17.7 Å². The van der Waals surface area contributed by atoms with Crippen LogP contribution in [0.15, 0.2) is 22.7 Å². The Morgan fingerprint density at radius 3 is 3.00 bits per heavy atom. The lowest BCUT2D eigenvalue weighted by atomic mass is 10.0. The lowest BCUT2D eigenvalue weighted by molar-refractivity contribution is -0.136. The molecule has 0 radical (unpaired) electrons. The highest BCUT2D eigenvalue weighted by molar-refractivity contribution is 5.83. The maximum atomic E-state index is 10.6. The van der Waals surface area contributed by atoms with E-state index in [1.165, 1.54) is 12.8 Å². The Morgan fingerprint density at radius 2 is 2.29 bits per heavy atom. The molecular formula is C13H13NO3. The molecule has 1 N–H and O–H groups in total. The van der Waals surface area contributed by atoms with E-state index in [-0.39, 0.29) is 6.42 Å². The molecule has 1 aromatic carbocycles. The van der Waals surface area contributed by atoms with Crippen LogP contribution in [-0.2, 0) is 11.2 Å². The predicted octanol–water partition coefficient (Wildman–Crippen LogP) is 2.72. The highest BCUT2D eigenvalue weighted by Crippen LogP contribution is 2.42. The summed E-state index contributed by atoms with van der Waals surface area (Å²) in [6.07, 6.45) is 2.98. The maximum Gasteiger partial charge on any atom is 0.303 e. The molecule has 0 aliphatic heterocycles. The van der Waals surface area contributed by atoms with E-state index in [1.54, 1.807) is 0 Å². The Bertz CT molecular complexity index is 569. The third-order valence-electron chi connectivity index (χ3n) is 3.18. The van der Waals surface area contributed by atoms with Crippen LogP contribution in [0, 0.1) is 0 Å². The van der Waals surface area contributed by atoms with E-state index >= 15 is 0 Å². The number of fused-ring (bicyclic) bond motifs is 1. The summed E-state index contributed by atoms with van der Waals surface area (Å²) >= 11 is 0. The molecule has 0 unspecified atom stereocenters. The van der Waals surface area contributed by atoms with Crippen molar-refractivity contribution in [3.63, 3.8) is 0 Å². The number of carboxylic acid groups (broad SMARTS) is 1. The molecule has 4 heteroatoms. The van der Waals surface area contributed by atoms with Crippen molar-refractivity contribution in [1.82, 2.24) is 5.16 Å². The number of carboxylic acids is 1. The number of para-hydroxylation sites is 1. The van der Waals surface area contributed by atoms with Crippen LogP contribution in [0.2, 0.25) is 0 Å². The van der Waals surface area contributed by atoms with Crippen molar-refractivity contribution in [1.29, 1.82) is 0 Å². The summed E-state index contributed by atoms with van der Waals surface area (Å²) in [6.45, 7) is 0. The summed E-state index contributed by atoms with van der Waals surface area (Å²) < 4.78 is 5.37. The van der Waals surface area contributed by atoms with Crippen molar-refractivity contribution in [2.24, 2.45) is 0 Å². The molecule has 1 heterocycles. The zero-order valence-electron chi connectivity index (χ0n) is 9.35. The van der Waals surface area contributed by atoms with Crippen molar-refractivity contribution in [2.75, 3.05) is 0 Å². The van der Waals surface area contributed by atoms with Gasteiger partial charge < -0.3 is 9.63 Å². The largest absolute Gasteiger partial charge is 0.481 e. The Morgan fingerprint density at radius 1 is 1.47 bits per heavy atom. The Labute approximate surface area is 98.2 Å². The summed E-state index contributed by atoms with van der Waals surface area (Å²) in [5.74, 6) is -0.241. The van der Waals surface area contributed by atoms with Crippen molar-refractivity contribution in [3.8, 4) is 0 Å². The topological polar surface area (TPSA) is 63.3 Å². The highest BCUT2D eigenvalue weighted by Gasteiger charge is 2.29. The summed E-state index contributed by atoms with van der Waals surface area (Å²) in [5.41, 5.74) is 2.73. The second-order valence-corrected chi connectivity index (χ2v) is 4.53. The molecule has 3 rings (SSSR count). The fourth-order valence-corrected chi connectivity index (χ4v) is 2.13. The number of carbonyl (C=O) groups is 1. The number of aryl methyl sites for hydroxylation is 1. The molecule has 0 saturated heterocycles. The normalized spacial score (nSPS) is 15.3. The molecular weight excluding hydrogens is 218 g/mol. The quantitative estimate of drug-likeness (QED) is 0.878. The number of aromatic nitrogens is 1. The Kier molecular flexibility index (Phi) is 2.35. The van der Waals surface area contributed by atoms with Gasteiger partial charge in [-0.2, -0.15) is 0 Å². The van der Waals surface area contributed by atoms with Crippen molar-refractivity contribution in [3.05, 3.63) is 29.5 Å². The Balaban J connectivity index is 1.98. The first-order valence-corrected chi connectivity index (χ1v) is 5.84. The first-order valence-electron chi connectivity index (χ1n) is 5.84. The summed E-state index contributed by atoms with van der Waals surface area (Å²) in [4.78, 5) is 10.6. The van der Waals surface area contributed by atoms with Crippen LogP contribution in [0.4, 0.5) is 0 Å². The first-order chi connectivity index (χ1) is 8.25. The lowest BCUT2D eigenvalue weighted by Crippen LogP contribution is -1.97. The third-order valence-corrected chi connectivity index (χ3v) is 3.18. The molecule has 0 atom stereocenters. The molecule has 1 aliphatic rings. The number of nitrogens with zero attached hydrogens (tertiary/aromatic N) is 1. The van der Waals surface area contributed by atoms with E-state index in [2.05, 4.69) is 5.16 Å². The summed E-state index contributed by atoms with van der Waals surface area (Å²) in [7, 11) is 0. The van der Waals surface area contributed by atoms with Crippen LogP contribution in [0.5, 0.6) is 0 Å². The minimum Gasteiger partial charge on any atom is -0.481 e. The van der Waals surface area contributed by atoms with Crippen LogP contribution in [0.25, 0.3) is 11.0 Å². The van der Waals surface area contributed by atoms with Crippen molar-refractivity contribution < 1.29 is 14.4 Å². The van der Waals surface area contributed by atoms with Crippen LogP contribution in [0.1, 0.15) is 36.4 Å². The number of hydrogen-bond donors (Lipinski definition) is 1. The molecule has 0 amide bonds. The molecule has 1 fully saturated rings. The molecule has 17 heavy (non-hydrogen) atoms. The maximum absolute atomic E-state index is 10.6. The van der Waals surface area contributed by atoms with Crippen LogP contribution in [-0.4, -0.2) is 16.2 Å². The smallest absolute Gasteiger partial charge is 0.303 e. The van der Waals surface area contributed by atoms with Gasteiger partial charge in [0.05, 0.1) is 5.69 Å². The monoisotopic (exact) mass is 231 g/mol. The predicted molar refractivity (Wildman–Crippen MR) is 61.9 cm³/mol. The van der Waals surface area contributed by atoms with E-state index in [4.69, 9.17) is 9.63 Å². The zero-order chi connectivity index (χ0) is 11.8. The van der Waals surface area contributed by atoms with Crippen molar-refractivity contribution in [2.45, 2.75) is 31.6 Å². The average Bonchev–Trinajstić information content (AvgIpc) is 3.06. The third kappa shape index (κ3) is 1.90. The number of hydrogen-bond acceptors (Lipinski definition) is 3. The van der Waals surface area contributed by atoms with Gasteiger partial charge >= 0.3 is 5.97 Å². The lowest BCUT2D eigenvalue weighted by Gasteiger charge is -1.98. The van der Waals surface area contributed by atoms with E-state index in [9.17, 15) is 4.79 Å². The fourth-order valence-electron chi connectivity index (χ4n) is 2.13. The molecule has 1 aromatic heterocycles. The van der Waals surface area contributed by atoms with E-state index in [1.807, 2.05) is 18.2 Å². The minimum atomic E-state index is -0.788. The van der Waals surface area contributed by atoms with E-state index in [0.717, 1.165) is 22.2 Å². The average molecular weight is 231 g/mol. The van der Waals surface area contributed by atoms with Gasteiger partial charge in [-0.25, -0.2) is 0 Å². The van der Waals surface area contributed by atoms with Crippen LogP contribution >= 0.6 is 0 Å². The Hall–Kier alpha value is -1.84. The summed E-state index contributed by atoms with van der Waals surface area (Å²) in [6, 6.07) is 5.86. The number of benzene rings is 1. The van der Waals surface area contributed by atoms with Crippen LogP contribution in [0.3, 0.4) is 0 Å². The second-order valence-electron chi connectivity index (χ2n) is 4.53. The van der Waals surface area contributed by atoms with Crippen LogP contribution < -0.4 is 0 Å². The first kappa shape index (κ1) is 10.3. The molecule has 1 aliphatic carbocycles. The number of rotatable bonds is 4. The molecule has 88 valence electrons. The van der Waals surface area contributed by atoms with Gasteiger partial charge in [0.2, 0.25) is 0 Å². The van der Waals surface area contributed by atoms with E-state index in [0.29, 0.717) is 12.3 Å². The zero-order valence-corrected chi connectivity index (χ0v) is 9.35. The fraction of sp³-hybridized carbons (Fsp3) is 0.385. The molecule has 1 saturated carbocycles. The molecule has 4 nitrogen and oxygen atoms in total. The van der Waals surface area contributed by atoms with Gasteiger partial charge in [-0.1, -0.05) is 17.3 Å². The van der Waals surface area contributed by atoms with Gasteiger partial charge in [-0.15, -0.1) is 0 Å². The van der Waals surface area contributed by atoms with Gasteiger partial charge in [0.1, 0.15) is 0 Å². The SMILES string of the molecule is O=C(O)CCc1cccc2c(C3CC3)noc12. The van der Waals surface area contributed by atoms with Gasteiger partial charge in [-0.05, 0) is 30.9 Å². The molecule has 0 bridgehead atoms. The standard InChI is InChI=1S/C13H13NO3/c15-11(16)7-6-9-2-1-3-10-12(8-4-5-8)14-17-13(9)10/h1-3,8H,4-7H2,(H,15,16). The highest BCUT2D eigenvalue weighted by atomic mass is 16.5. The van der Waals surface area contributed by atoms with Gasteiger partial charge in [0.15, 0.2) is 5.58 Å². The van der Waals surface area contributed by atoms with E-state index < -0.39 is 5.97 Å². The molecule has 0 spiro atoms. The molecule has 2 aromatic rings. The second kappa shape index (κ2) is 3.87. The number of aliphatic carboxylic acids is 1. The minimum absolute atomic E-state index is 0.124.